The van der Waals surface area contributed by atoms with E-state index in [0.717, 1.165) is 18.2 Å². The number of rotatable bonds is 2. The van der Waals surface area contributed by atoms with Crippen LogP contribution in [0.4, 0.5) is 13.6 Å². The molecule has 1 aliphatic heterocycles. The number of halogens is 2. The number of hydrogen-bond donors (Lipinski definition) is 0. The van der Waals surface area contributed by atoms with Gasteiger partial charge in [-0.2, -0.15) is 0 Å². The van der Waals surface area contributed by atoms with Gasteiger partial charge >= 0.3 is 6.09 Å². The average Bonchev–Trinajstić information content (AvgIpc) is 2.84. The summed E-state index contributed by atoms with van der Waals surface area (Å²) >= 11 is 0. The summed E-state index contributed by atoms with van der Waals surface area (Å²) in [6.07, 6.45) is -0.0239. The Kier molecular flexibility index (Phi) is 4.49. The maximum absolute atomic E-state index is 13.2. The summed E-state index contributed by atoms with van der Waals surface area (Å²) in [7, 11) is 0. The van der Waals surface area contributed by atoms with Gasteiger partial charge in [0.25, 0.3) is 0 Å². The van der Waals surface area contributed by atoms with Gasteiger partial charge < -0.3 is 9.64 Å². The highest BCUT2D eigenvalue weighted by Gasteiger charge is 2.34. The average molecular weight is 311 g/mol. The van der Waals surface area contributed by atoms with E-state index in [1.165, 1.54) is 4.90 Å². The molecule has 120 valence electrons. The smallest absolute Gasteiger partial charge is 0.410 e. The van der Waals surface area contributed by atoms with Crippen LogP contribution in [0.5, 0.6) is 0 Å². The fourth-order valence-electron chi connectivity index (χ4n) is 2.40. The second kappa shape index (κ2) is 6.02. The van der Waals surface area contributed by atoms with Crippen LogP contribution in [0.15, 0.2) is 18.2 Å². The Morgan fingerprint density at radius 2 is 1.77 bits per heavy atom. The summed E-state index contributed by atoms with van der Waals surface area (Å²) in [4.78, 5) is 25.7. The van der Waals surface area contributed by atoms with Crippen LogP contribution in [0.1, 0.15) is 37.6 Å². The lowest BCUT2D eigenvalue weighted by Gasteiger charge is -2.24. The van der Waals surface area contributed by atoms with E-state index in [2.05, 4.69) is 0 Å². The third-order valence-electron chi connectivity index (χ3n) is 3.36. The number of hydrogen-bond acceptors (Lipinski definition) is 3. The van der Waals surface area contributed by atoms with Crippen LogP contribution in [0, 0.1) is 17.6 Å². The second-order valence-corrected chi connectivity index (χ2v) is 6.43. The van der Waals surface area contributed by atoms with Crippen molar-refractivity contribution in [3.63, 3.8) is 0 Å². The summed E-state index contributed by atoms with van der Waals surface area (Å²) in [6, 6.07) is 2.75. The maximum atomic E-state index is 13.2. The molecule has 0 spiro atoms. The molecule has 2 rings (SSSR count). The van der Waals surface area contributed by atoms with Gasteiger partial charge in [-0.3, -0.25) is 4.79 Å². The monoisotopic (exact) mass is 311 g/mol. The molecular formula is C16H19F2NO3. The standard InChI is InChI=1S/C16H19F2NO3/c1-16(2,3)22-15(21)19-5-4-10(9-19)14(20)11-6-12(17)8-13(18)7-11/h6-8,10H,4-5,9H2,1-3H3/t10-/m1/s1. The van der Waals surface area contributed by atoms with Crippen molar-refractivity contribution in [2.75, 3.05) is 13.1 Å². The number of Topliss-reactive ketones (excluding diaryl/α,β-unsaturated/α-hetero) is 1. The Hall–Kier alpha value is -1.98. The number of nitrogens with zero attached hydrogens (tertiary/aromatic N) is 1. The molecule has 22 heavy (non-hydrogen) atoms. The van der Waals surface area contributed by atoms with Crippen LogP contribution in [-0.4, -0.2) is 35.5 Å². The number of carbonyl (C=O) groups is 2. The molecule has 0 aliphatic carbocycles. The topological polar surface area (TPSA) is 46.6 Å². The molecule has 4 nitrogen and oxygen atoms in total. The fourth-order valence-corrected chi connectivity index (χ4v) is 2.40. The highest BCUT2D eigenvalue weighted by molar-refractivity contribution is 5.98. The lowest BCUT2D eigenvalue weighted by molar-refractivity contribution is 0.0289. The van der Waals surface area contributed by atoms with E-state index in [1.807, 2.05) is 0 Å². The molecule has 1 amide bonds. The zero-order chi connectivity index (χ0) is 16.5. The minimum absolute atomic E-state index is 0.00598. The summed E-state index contributed by atoms with van der Waals surface area (Å²) < 4.78 is 31.6. The zero-order valence-electron chi connectivity index (χ0n) is 12.9. The van der Waals surface area contributed by atoms with Gasteiger partial charge in [0.05, 0.1) is 0 Å². The summed E-state index contributed by atoms with van der Waals surface area (Å²) in [5.41, 5.74) is -0.612. The predicted octanol–water partition coefficient (Wildman–Crippen LogP) is 3.40. The van der Waals surface area contributed by atoms with Crippen molar-refractivity contribution in [1.29, 1.82) is 0 Å². The molecule has 0 aromatic heterocycles. The molecule has 0 unspecified atom stereocenters. The van der Waals surface area contributed by atoms with Crippen LogP contribution < -0.4 is 0 Å². The first-order chi connectivity index (χ1) is 10.2. The van der Waals surface area contributed by atoms with Crippen molar-refractivity contribution in [2.24, 2.45) is 5.92 Å². The largest absolute Gasteiger partial charge is 0.444 e. The Balaban J connectivity index is 2.03. The Labute approximate surface area is 128 Å². The van der Waals surface area contributed by atoms with E-state index in [0.29, 0.717) is 13.0 Å². The number of likely N-dealkylation sites (tertiary alicyclic amines) is 1. The number of benzene rings is 1. The van der Waals surface area contributed by atoms with Crippen molar-refractivity contribution in [2.45, 2.75) is 32.8 Å². The molecule has 1 aromatic carbocycles. The van der Waals surface area contributed by atoms with Crippen molar-refractivity contribution in [3.8, 4) is 0 Å². The molecular weight excluding hydrogens is 292 g/mol. The third-order valence-corrected chi connectivity index (χ3v) is 3.36. The van der Waals surface area contributed by atoms with Gasteiger partial charge in [0, 0.05) is 30.6 Å². The lowest BCUT2D eigenvalue weighted by Crippen LogP contribution is -2.35. The molecule has 1 aliphatic rings. The molecule has 1 fully saturated rings. The quantitative estimate of drug-likeness (QED) is 0.786. The first kappa shape index (κ1) is 16.4. The molecule has 0 radical (unpaired) electrons. The number of amides is 1. The van der Waals surface area contributed by atoms with E-state index in [1.54, 1.807) is 20.8 Å². The fraction of sp³-hybridized carbons (Fsp3) is 0.500. The Bertz CT molecular complexity index is 575. The van der Waals surface area contributed by atoms with E-state index in [-0.39, 0.29) is 17.9 Å². The maximum Gasteiger partial charge on any atom is 0.410 e. The molecule has 1 heterocycles. The molecule has 1 aromatic rings. The van der Waals surface area contributed by atoms with Gasteiger partial charge in [0.15, 0.2) is 5.78 Å². The molecule has 0 N–H and O–H groups in total. The first-order valence-electron chi connectivity index (χ1n) is 7.14. The minimum atomic E-state index is -0.787. The van der Waals surface area contributed by atoms with Crippen molar-refractivity contribution < 1.29 is 23.1 Å². The molecule has 1 atom stereocenters. The summed E-state index contributed by atoms with van der Waals surface area (Å²) in [5, 5.41) is 0. The summed E-state index contributed by atoms with van der Waals surface area (Å²) in [6.45, 7) is 5.88. The zero-order valence-corrected chi connectivity index (χ0v) is 12.9. The van der Waals surface area contributed by atoms with Gasteiger partial charge in [-0.05, 0) is 39.3 Å². The molecule has 6 heteroatoms. The van der Waals surface area contributed by atoms with Crippen LogP contribution in [0.2, 0.25) is 0 Å². The van der Waals surface area contributed by atoms with Crippen LogP contribution in [0.3, 0.4) is 0 Å². The van der Waals surface area contributed by atoms with Gasteiger partial charge in [0.2, 0.25) is 0 Å². The number of ketones is 1. The van der Waals surface area contributed by atoms with E-state index >= 15 is 0 Å². The Morgan fingerprint density at radius 1 is 1.18 bits per heavy atom. The number of carbonyl (C=O) groups excluding carboxylic acids is 2. The van der Waals surface area contributed by atoms with Crippen molar-refractivity contribution in [1.82, 2.24) is 4.90 Å². The summed E-state index contributed by atoms with van der Waals surface area (Å²) in [5.74, 6) is -2.39. The van der Waals surface area contributed by atoms with Gasteiger partial charge in [-0.15, -0.1) is 0 Å². The van der Waals surface area contributed by atoms with E-state index in [9.17, 15) is 18.4 Å². The van der Waals surface area contributed by atoms with Crippen LogP contribution in [0.25, 0.3) is 0 Å². The van der Waals surface area contributed by atoms with Gasteiger partial charge in [-0.1, -0.05) is 0 Å². The van der Waals surface area contributed by atoms with Gasteiger partial charge in [-0.25, -0.2) is 13.6 Å². The lowest BCUT2D eigenvalue weighted by atomic mass is 9.97. The predicted molar refractivity (Wildman–Crippen MR) is 76.6 cm³/mol. The SMILES string of the molecule is CC(C)(C)OC(=O)N1CC[C@@H](C(=O)c2cc(F)cc(F)c2)C1. The van der Waals surface area contributed by atoms with Crippen molar-refractivity contribution in [3.05, 3.63) is 35.4 Å². The molecule has 1 saturated heterocycles. The van der Waals surface area contributed by atoms with E-state index < -0.39 is 29.2 Å². The normalized spacial score (nSPS) is 18.4. The highest BCUT2D eigenvalue weighted by Crippen LogP contribution is 2.23. The van der Waals surface area contributed by atoms with E-state index in [4.69, 9.17) is 4.74 Å². The first-order valence-corrected chi connectivity index (χ1v) is 7.14. The highest BCUT2D eigenvalue weighted by atomic mass is 19.1. The van der Waals surface area contributed by atoms with Gasteiger partial charge in [0.1, 0.15) is 17.2 Å². The van der Waals surface area contributed by atoms with Crippen molar-refractivity contribution >= 4 is 11.9 Å². The van der Waals surface area contributed by atoms with Crippen LogP contribution in [-0.2, 0) is 4.74 Å². The third kappa shape index (κ3) is 4.02. The molecule has 0 bridgehead atoms. The minimum Gasteiger partial charge on any atom is -0.444 e. The molecule has 0 saturated carbocycles. The Morgan fingerprint density at radius 3 is 2.32 bits per heavy atom. The second-order valence-electron chi connectivity index (χ2n) is 6.43. The van der Waals surface area contributed by atoms with Crippen LogP contribution >= 0.6 is 0 Å². The number of ether oxygens (including phenoxy) is 1.